The van der Waals surface area contributed by atoms with E-state index in [1.54, 1.807) is 37.9 Å². The van der Waals surface area contributed by atoms with Gasteiger partial charge in [-0.2, -0.15) is 0 Å². The highest BCUT2D eigenvalue weighted by atomic mass is 32.2. The van der Waals surface area contributed by atoms with Crippen LogP contribution in [0.2, 0.25) is 0 Å². The summed E-state index contributed by atoms with van der Waals surface area (Å²) in [6.07, 6.45) is 3.53. The Morgan fingerprint density at radius 1 is 1.50 bits per heavy atom. The summed E-state index contributed by atoms with van der Waals surface area (Å²) in [4.78, 5) is 15.0. The molecule has 0 aliphatic rings. The summed E-state index contributed by atoms with van der Waals surface area (Å²) < 4.78 is 25.7. The lowest BCUT2D eigenvalue weighted by molar-refractivity contribution is -0.137. The van der Waals surface area contributed by atoms with E-state index in [0.29, 0.717) is 5.82 Å². The molecule has 7 heteroatoms. The molecule has 0 aliphatic heterocycles. The quantitative estimate of drug-likeness (QED) is 0.815. The second kappa shape index (κ2) is 5.51. The van der Waals surface area contributed by atoms with Gasteiger partial charge in [0, 0.05) is 25.9 Å². The maximum Gasteiger partial charge on any atom is 0.322 e. The van der Waals surface area contributed by atoms with Gasteiger partial charge in [-0.15, -0.1) is 0 Å². The molecule has 0 aromatic carbocycles. The minimum absolute atomic E-state index is 0.201. The lowest BCUT2D eigenvalue weighted by Crippen LogP contribution is -2.37. The van der Waals surface area contributed by atoms with Crippen molar-refractivity contribution in [2.24, 2.45) is 13.0 Å². The molecule has 1 aromatic rings. The molecule has 0 saturated heterocycles. The number of hydrogen-bond acceptors (Lipinski definition) is 4. The molecule has 18 heavy (non-hydrogen) atoms. The predicted octanol–water partition coefficient (Wildman–Crippen LogP) is 0.487. The Labute approximate surface area is 107 Å². The van der Waals surface area contributed by atoms with Gasteiger partial charge in [-0.05, 0) is 5.92 Å². The Kier molecular flexibility index (Phi) is 4.50. The van der Waals surface area contributed by atoms with Crippen molar-refractivity contribution in [3.8, 4) is 0 Å². The Bertz CT molecular complexity index is 519. The van der Waals surface area contributed by atoms with E-state index in [9.17, 15) is 13.2 Å². The number of carboxylic acids is 1. The average molecular weight is 274 g/mol. The Balaban J connectivity index is 2.81. The van der Waals surface area contributed by atoms with Crippen LogP contribution in [0.1, 0.15) is 19.7 Å². The fourth-order valence-electron chi connectivity index (χ4n) is 1.85. The van der Waals surface area contributed by atoms with Gasteiger partial charge < -0.3 is 9.67 Å². The summed E-state index contributed by atoms with van der Waals surface area (Å²) in [5.74, 6) is -1.31. The van der Waals surface area contributed by atoms with Gasteiger partial charge in [-0.25, -0.2) is 13.4 Å². The van der Waals surface area contributed by atoms with Crippen molar-refractivity contribution in [2.75, 3.05) is 5.75 Å². The van der Waals surface area contributed by atoms with Crippen LogP contribution in [-0.4, -0.2) is 40.0 Å². The lowest BCUT2D eigenvalue weighted by atomic mass is 10.1. The van der Waals surface area contributed by atoms with Crippen molar-refractivity contribution in [3.05, 3.63) is 18.2 Å². The number of nitrogens with zero attached hydrogens (tertiary/aromatic N) is 2. The molecule has 1 unspecified atom stereocenters. The highest BCUT2D eigenvalue weighted by Crippen LogP contribution is 2.15. The van der Waals surface area contributed by atoms with Crippen LogP contribution < -0.4 is 0 Å². The number of aliphatic carboxylic acids is 1. The van der Waals surface area contributed by atoms with E-state index in [2.05, 4.69) is 4.98 Å². The van der Waals surface area contributed by atoms with E-state index in [4.69, 9.17) is 5.11 Å². The fraction of sp³-hybridized carbons (Fsp3) is 0.636. The highest BCUT2D eigenvalue weighted by molar-refractivity contribution is 7.92. The second-order valence-corrected chi connectivity index (χ2v) is 6.82. The van der Waals surface area contributed by atoms with Crippen molar-refractivity contribution in [3.63, 3.8) is 0 Å². The standard InChI is InChI=1S/C11H18N2O4S/c1-8(2)10(11(14)15)18(16,17)7-4-9-12-5-6-13(9)3/h5-6,8,10H,4,7H2,1-3H3,(H,14,15). The number of imidazole rings is 1. The van der Waals surface area contributed by atoms with E-state index in [1.807, 2.05) is 0 Å². The minimum atomic E-state index is -3.67. The first-order valence-electron chi connectivity index (χ1n) is 5.66. The maximum atomic E-state index is 12.0. The monoisotopic (exact) mass is 274 g/mol. The SMILES string of the molecule is CC(C)C(C(=O)O)S(=O)(=O)CCc1nccn1C. The number of carboxylic acid groups (broad SMARTS) is 1. The minimum Gasteiger partial charge on any atom is -0.480 e. The molecule has 1 aromatic heterocycles. The molecular formula is C11H18N2O4S. The topological polar surface area (TPSA) is 89.3 Å². The summed E-state index contributed by atoms with van der Waals surface area (Å²) in [7, 11) is -1.90. The fourth-order valence-corrected chi connectivity index (χ4v) is 3.71. The zero-order valence-electron chi connectivity index (χ0n) is 10.7. The number of hydrogen-bond donors (Lipinski definition) is 1. The first-order chi connectivity index (χ1) is 8.25. The molecule has 1 heterocycles. The van der Waals surface area contributed by atoms with E-state index in [0.717, 1.165) is 0 Å². The average Bonchev–Trinajstić information content (AvgIpc) is 2.59. The predicted molar refractivity (Wildman–Crippen MR) is 67.0 cm³/mol. The molecule has 6 nitrogen and oxygen atoms in total. The maximum absolute atomic E-state index is 12.0. The third-order valence-electron chi connectivity index (χ3n) is 2.77. The summed E-state index contributed by atoms with van der Waals surface area (Å²) in [6.45, 7) is 3.19. The Hall–Kier alpha value is -1.37. The van der Waals surface area contributed by atoms with Crippen LogP contribution in [0.25, 0.3) is 0 Å². The van der Waals surface area contributed by atoms with Crippen LogP contribution in [-0.2, 0) is 28.1 Å². The van der Waals surface area contributed by atoms with Crippen molar-refractivity contribution in [1.29, 1.82) is 0 Å². The van der Waals surface area contributed by atoms with Crippen LogP contribution >= 0.6 is 0 Å². The van der Waals surface area contributed by atoms with Crippen LogP contribution in [0.5, 0.6) is 0 Å². The summed E-state index contributed by atoms with van der Waals surface area (Å²) in [5, 5.41) is 7.64. The molecule has 0 fully saturated rings. The molecule has 0 radical (unpaired) electrons. The van der Waals surface area contributed by atoms with Crippen molar-refractivity contribution in [1.82, 2.24) is 9.55 Å². The molecule has 0 saturated carbocycles. The van der Waals surface area contributed by atoms with E-state index < -0.39 is 27.0 Å². The molecule has 102 valence electrons. The lowest BCUT2D eigenvalue weighted by Gasteiger charge is -2.16. The highest BCUT2D eigenvalue weighted by Gasteiger charge is 2.35. The third kappa shape index (κ3) is 3.32. The Morgan fingerprint density at radius 2 is 2.11 bits per heavy atom. The molecule has 1 N–H and O–H groups in total. The first-order valence-corrected chi connectivity index (χ1v) is 7.38. The number of aryl methyl sites for hydroxylation is 2. The van der Waals surface area contributed by atoms with Gasteiger partial charge in [-0.1, -0.05) is 13.8 Å². The van der Waals surface area contributed by atoms with Gasteiger partial charge in [0.25, 0.3) is 0 Å². The molecule has 1 rings (SSSR count). The Morgan fingerprint density at radius 3 is 2.50 bits per heavy atom. The van der Waals surface area contributed by atoms with Gasteiger partial charge in [0.1, 0.15) is 5.82 Å². The largest absolute Gasteiger partial charge is 0.480 e. The van der Waals surface area contributed by atoms with Crippen LogP contribution in [0.15, 0.2) is 12.4 Å². The molecule has 0 amide bonds. The summed E-state index contributed by atoms with van der Waals surface area (Å²) in [5.41, 5.74) is 0. The van der Waals surface area contributed by atoms with Crippen molar-refractivity contribution >= 4 is 15.8 Å². The van der Waals surface area contributed by atoms with Crippen molar-refractivity contribution in [2.45, 2.75) is 25.5 Å². The first kappa shape index (κ1) is 14.7. The van der Waals surface area contributed by atoms with Gasteiger partial charge >= 0.3 is 5.97 Å². The number of carbonyl (C=O) groups is 1. The number of aromatic nitrogens is 2. The van der Waals surface area contributed by atoms with Gasteiger partial charge in [0.2, 0.25) is 0 Å². The third-order valence-corrected chi connectivity index (χ3v) is 5.06. The number of sulfone groups is 1. The molecule has 0 aliphatic carbocycles. The number of rotatable bonds is 6. The van der Waals surface area contributed by atoms with Crippen molar-refractivity contribution < 1.29 is 18.3 Å². The molecule has 0 bridgehead atoms. The molecule has 0 spiro atoms. The summed E-state index contributed by atoms with van der Waals surface area (Å²) >= 11 is 0. The summed E-state index contributed by atoms with van der Waals surface area (Å²) in [6, 6.07) is 0. The van der Waals surface area contributed by atoms with Gasteiger partial charge in [0.05, 0.1) is 5.75 Å². The van der Waals surface area contributed by atoms with E-state index >= 15 is 0 Å². The molecular weight excluding hydrogens is 256 g/mol. The van der Waals surface area contributed by atoms with Gasteiger partial charge in [0.15, 0.2) is 15.1 Å². The zero-order chi connectivity index (χ0) is 13.9. The van der Waals surface area contributed by atoms with E-state index in [-0.39, 0.29) is 12.2 Å². The van der Waals surface area contributed by atoms with Gasteiger partial charge in [-0.3, -0.25) is 4.79 Å². The molecule has 1 atom stereocenters. The second-order valence-electron chi connectivity index (χ2n) is 4.57. The van der Waals surface area contributed by atoms with Crippen LogP contribution in [0, 0.1) is 5.92 Å². The smallest absolute Gasteiger partial charge is 0.322 e. The van der Waals surface area contributed by atoms with Crippen LogP contribution in [0.3, 0.4) is 0 Å². The van der Waals surface area contributed by atoms with Crippen LogP contribution in [0.4, 0.5) is 0 Å². The zero-order valence-corrected chi connectivity index (χ0v) is 11.5. The normalized spacial score (nSPS) is 13.8. The van der Waals surface area contributed by atoms with E-state index in [1.165, 1.54) is 0 Å².